The minimum atomic E-state index is -3.81. The van der Waals surface area contributed by atoms with Crippen LogP contribution in [0.2, 0.25) is 0 Å². The van der Waals surface area contributed by atoms with E-state index in [1.165, 1.54) is 19.1 Å². The molecule has 1 atom stereocenters. The van der Waals surface area contributed by atoms with Crippen molar-refractivity contribution in [1.82, 2.24) is 0 Å². The normalized spacial score (nSPS) is 13.4. The molecule has 26 heavy (non-hydrogen) atoms. The summed E-state index contributed by atoms with van der Waals surface area (Å²) in [7, 11) is -3.81. The molecule has 1 aromatic rings. The van der Waals surface area contributed by atoms with Crippen LogP contribution in [-0.2, 0) is 23.8 Å². The third-order valence-electron chi connectivity index (χ3n) is 3.51. The number of hydrogen-bond acceptors (Lipinski definition) is 5. The van der Waals surface area contributed by atoms with Gasteiger partial charge in [-0.25, -0.2) is 4.79 Å². The molecule has 0 radical (unpaired) electrons. The minimum Gasteiger partial charge on any atom is -0.462 e. The van der Waals surface area contributed by atoms with Crippen LogP contribution in [0, 0.1) is 6.92 Å². The lowest BCUT2D eigenvalue weighted by molar-refractivity contribution is -0.172. The number of halogens is 3. The van der Waals surface area contributed by atoms with Gasteiger partial charge in [0.15, 0.2) is 0 Å². The predicted octanol–water partition coefficient (Wildman–Crippen LogP) is 4.26. The number of esters is 1. The minimum absolute atomic E-state index is 0.0200. The topological polar surface area (TPSA) is 69.7 Å². The SMILES string of the molecule is CCOC(=O)C(F)(F)CC(I)CCCCOS(=O)(=O)c1ccc(C)cc1. The molecule has 0 aliphatic heterocycles. The molecule has 9 heteroatoms. The smallest absolute Gasteiger partial charge is 0.377 e. The Balaban J connectivity index is 2.33. The van der Waals surface area contributed by atoms with Gasteiger partial charge in [-0.15, -0.1) is 0 Å². The molecular weight excluding hydrogens is 481 g/mol. The summed E-state index contributed by atoms with van der Waals surface area (Å²) in [6.45, 7) is 3.21. The Morgan fingerprint density at radius 2 is 1.85 bits per heavy atom. The van der Waals surface area contributed by atoms with Crippen LogP contribution in [0.25, 0.3) is 0 Å². The van der Waals surface area contributed by atoms with Crippen molar-refractivity contribution in [2.45, 2.75) is 54.3 Å². The Bertz CT molecular complexity index is 677. The predicted molar refractivity (Wildman–Crippen MR) is 102 cm³/mol. The summed E-state index contributed by atoms with van der Waals surface area (Å²) in [4.78, 5) is 11.3. The zero-order chi connectivity index (χ0) is 19.8. The second kappa shape index (κ2) is 10.5. The molecule has 0 heterocycles. The van der Waals surface area contributed by atoms with Gasteiger partial charge in [0.1, 0.15) is 0 Å². The third kappa shape index (κ3) is 7.83. The summed E-state index contributed by atoms with van der Waals surface area (Å²) in [6, 6.07) is 6.31. The van der Waals surface area contributed by atoms with Crippen LogP contribution in [0.1, 0.15) is 38.2 Å². The van der Waals surface area contributed by atoms with Crippen molar-refractivity contribution >= 4 is 38.7 Å². The second-order valence-electron chi connectivity index (χ2n) is 5.81. The number of aryl methyl sites for hydroxylation is 1. The molecule has 1 aromatic carbocycles. The van der Waals surface area contributed by atoms with Crippen LogP contribution >= 0.6 is 22.6 Å². The maximum atomic E-state index is 13.6. The van der Waals surface area contributed by atoms with E-state index in [2.05, 4.69) is 4.74 Å². The van der Waals surface area contributed by atoms with Gasteiger partial charge in [-0.3, -0.25) is 4.18 Å². The first-order valence-corrected chi connectivity index (χ1v) is 10.9. The molecule has 0 aromatic heterocycles. The molecule has 0 fully saturated rings. The molecule has 0 aliphatic carbocycles. The van der Waals surface area contributed by atoms with Gasteiger partial charge in [0.2, 0.25) is 0 Å². The van der Waals surface area contributed by atoms with E-state index in [0.717, 1.165) is 5.56 Å². The Hall–Kier alpha value is -0.810. The maximum Gasteiger partial charge on any atom is 0.377 e. The van der Waals surface area contributed by atoms with Gasteiger partial charge >= 0.3 is 11.9 Å². The van der Waals surface area contributed by atoms with Gasteiger partial charge in [-0.1, -0.05) is 46.7 Å². The Morgan fingerprint density at radius 1 is 1.23 bits per heavy atom. The third-order valence-corrected chi connectivity index (χ3v) is 5.90. The highest BCUT2D eigenvalue weighted by atomic mass is 127. The summed E-state index contributed by atoms with van der Waals surface area (Å²) in [5, 5.41) is 0. The molecule has 0 amide bonds. The molecule has 0 aliphatic rings. The van der Waals surface area contributed by atoms with Gasteiger partial charge in [0.05, 0.1) is 18.1 Å². The molecule has 0 spiro atoms. The number of carbonyl (C=O) groups excluding carboxylic acids is 1. The number of alkyl halides is 3. The first kappa shape index (κ1) is 23.2. The van der Waals surface area contributed by atoms with Crippen molar-refractivity contribution in [2.24, 2.45) is 0 Å². The molecule has 0 bridgehead atoms. The van der Waals surface area contributed by atoms with Crippen molar-refractivity contribution in [1.29, 1.82) is 0 Å². The average molecular weight is 504 g/mol. The van der Waals surface area contributed by atoms with E-state index < -0.39 is 32.4 Å². The molecule has 0 saturated carbocycles. The quantitative estimate of drug-likeness (QED) is 0.148. The zero-order valence-electron chi connectivity index (χ0n) is 14.7. The van der Waals surface area contributed by atoms with Crippen molar-refractivity contribution in [3.8, 4) is 0 Å². The monoisotopic (exact) mass is 504 g/mol. The highest BCUT2D eigenvalue weighted by molar-refractivity contribution is 14.1. The van der Waals surface area contributed by atoms with Crippen LogP contribution in [0.15, 0.2) is 29.2 Å². The first-order valence-electron chi connectivity index (χ1n) is 8.23. The Morgan fingerprint density at radius 3 is 2.42 bits per heavy atom. The number of benzene rings is 1. The van der Waals surface area contributed by atoms with E-state index in [4.69, 9.17) is 4.18 Å². The second-order valence-corrected chi connectivity index (χ2v) is 9.19. The number of unbranched alkanes of at least 4 members (excludes halogenated alkanes) is 1. The highest BCUT2D eigenvalue weighted by Crippen LogP contribution is 2.28. The summed E-state index contributed by atoms with van der Waals surface area (Å²) >= 11 is 1.86. The summed E-state index contributed by atoms with van der Waals surface area (Å²) < 4.78 is 60.1. The fraction of sp³-hybridized carbons (Fsp3) is 0.588. The first-order chi connectivity index (χ1) is 12.1. The maximum absolute atomic E-state index is 13.6. The van der Waals surface area contributed by atoms with Crippen LogP contribution in [-0.4, -0.2) is 37.4 Å². The number of ether oxygens (including phenoxy) is 1. The van der Waals surface area contributed by atoms with Crippen molar-refractivity contribution < 1.29 is 30.9 Å². The van der Waals surface area contributed by atoms with Crippen LogP contribution in [0.4, 0.5) is 8.78 Å². The van der Waals surface area contributed by atoms with E-state index in [1.807, 2.05) is 29.5 Å². The van der Waals surface area contributed by atoms with Crippen molar-refractivity contribution in [2.75, 3.05) is 13.2 Å². The van der Waals surface area contributed by atoms with Gasteiger partial charge in [0.25, 0.3) is 10.1 Å². The lowest BCUT2D eigenvalue weighted by Crippen LogP contribution is -2.33. The van der Waals surface area contributed by atoms with Gasteiger partial charge in [-0.05, 0) is 38.8 Å². The lowest BCUT2D eigenvalue weighted by atomic mass is 10.1. The Kier molecular flexibility index (Phi) is 9.39. The van der Waals surface area contributed by atoms with Gasteiger partial charge < -0.3 is 4.74 Å². The lowest BCUT2D eigenvalue weighted by Gasteiger charge is -2.18. The van der Waals surface area contributed by atoms with Crippen molar-refractivity contribution in [3.63, 3.8) is 0 Å². The van der Waals surface area contributed by atoms with E-state index in [-0.39, 0.29) is 18.1 Å². The molecule has 5 nitrogen and oxygen atoms in total. The molecular formula is C17H23F2IO5S. The van der Waals surface area contributed by atoms with E-state index >= 15 is 0 Å². The van der Waals surface area contributed by atoms with Gasteiger partial charge in [0, 0.05) is 10.3 Å². The van der Waals surface area contributed by atoms with Gasteiger partial charge in [-0.2, -0.15) is 17.2 Å². The summed E-state index contributed by atoms with van der Waals surface area (Å²) in [5.74, 6) is -5.01. The zero-order valence-corrected chi connectivity index (χ0v) is 17.7. The average Bonchev–Trinajstić information content (AvgIpc) is 2.54. The largest absolute Gasteiger partial charge is 0.462 e. The number of carbonyl (C=O) groups is 1. The summed E-state index contributed by atoms with van der Waals surface area (Å²) in [6.07, 6.45) is 0.740. The van der Waals surface area contributed by atoms with E-state index in [0.29, 0.717) is 19.3 Å². The summed E-state index contributed by atoms with van der Waals surface area (Å²) in [5.41, 5.74) is 0.941. The fourth-order valence-corrected chi connectivity index (χ4v) is 4.05. The van der Waals surface area contributed by atoms with Crippen LogP contribution in [0.5, 0.6) is 0 Å². The van der Waals surface area contributed by atoms with E-state index in [9.17, 15) is 22.0 Å². The van der Waals surface area contributed by atoms with Crippen LogP contribution < -0.4 is 0 Å². The molecule has 148 valence electrons. The fourth-order valence-electron chi connectivity index (χ4n) is 2.11. The number of hydrogen-bond donors (Lipinski definition) is 0. The molecule has 0 saturated heterocycles. The molecule has 1 unspecified atom stereocenters. The molecule has 0 N–H and O–H groups in total. The highest BCUT2D eigenvalue weighted by Gasteiger charge is 2.41. The Labute approximate surface area is 166 Å². The van der Waals surface area contributed by atoms with Crippen molar-refractivity contribution in [3.05, 3.63) is 29.8 Å². The van der Waals surface area contributed by atoms with E-state index in [1.54, 1.807) is 12.1 Å². The standard InChI is InChI=1S/C17H23F2IO5S/c1-3-24-16(21)17(18,19)12-14(20)6-4-5-11-25-26(22,23)15-9-7-13(2)8-10-15/h7-10,14H,3-6,11-12H2,1-2H3. The molecule has 1 rings (SSSR count). The number of rotatable bonds is 11. The van der Waals surface area contributed by atoms with Crippen LogP contribution in [0.3, 0.4) is 0 Å².